The van der Waals surface area contributed by atoms with E-state index in [9.17, 15) is 0 Å². The summed E-state index contributed by atoms with van der Waals surface area (Å²) in [5.74, 6) is 2.56. The number of nitrogens with one attached hydrogen (secondary N) is 1. The van der Waals surface area contributed by atoms with Crippen molar-refractivity contribution in [2.45, 2.75) is 16.3 Å². The number of hydrogen-bond acceptors (Lipinski definition) is 5. The first-order valence-electron chi connectivity index (χ1n) is 9.16. The van der Waals surface area contributed by atoms with Gasteiger partial charge in [-0.3, -0.25) is 0 Å². The van der Waals surface area contributed by atoms with Crippen LogP contribution in [0.3, 0.4) is 0 Å². The Morgan fingerprint density at radius 3 is 2.18 bits per heavy atom. The second-order valence-electron chi connectivity index (χ2n) is 6.06. The molecule has 0 aliphatic rings. The highest BCUT2D eigenvalue weighted by molar-refractivity contribution is 7.99. The van der Waals surface area contributed by atoms with E-state index in [0.717, 1.165) is 35.2 Å². The summed E-state index contributed by atoms with van der Waals surface area (Å²) >= 11 is 1.72. The molecular formula is C23H25NO3S. The molecule has 0 bridgehead atoms. The third kappa shape index (κ3) is 5.68. The van der Waals surface area contributed by atoms with Crippen LogP contribution < -0.4 is 19.5 Å². The van der Waals surface area contributed by atoms with Gasteiger partial charge >= 0.3 is 0 Å². The van der Waals surface area contributed by atoms with Crippen LogP contribution in [0.4, 0.5) is 0 Å². The fraction of sp³-hybridized carbons (Fsp3) is 0.217. The molecule has 0 fully saturated rings. The van der Waals surface area contributed by atoms with Gasteiger partial charge < -0.3 is 19.5 Å². The molecule has 28 heavy (non-hydrogen) atoms. The number of methoxy groups -OCH3 is 2. The van der Waals surface area contributed by atoms with E-state index in [1.807, 2.05) is 42.5 Å². The first-order valence-corrected chi connectivity index (χ1v) is 9.98. The molecule has 0 aliphatic heterocycles. The van der Waals surface area contributed by atoms with Crippen molar-refractivity contribution in [3.8, 4) is 17.2 Å². The molecule has 0 amide bonds. The van der Waals surface area contributed by atoms with Crippen LogP contribution in [-0.2, 0) is 6.54 Å². The minimum Gasteiger partial charge on any atom is -0.497 e. The molecule has 0 aliphatic carbocycles. The van der Waals surface area contributed by atoms with E-state index in [2.05, 4.69) is 35.6 Å². The van der Waals surface area contributed by atoms with Crippen LogP contribution >= 0.6 is 11.8 Å². The molecule has 0 unspecified atom stereocenters. The van der Waals surface area contributed by atoms with E-state index >= 15 is 0 Å². The average Bonchev–Trinajstić information content (AvgIpc) is 2.75. The molecule has 0 aromatic heterocycles. The largest absolute Gasteiger partial charge is 0.497 e. The fourth-order valence-electron chi connectivity index (χ4n) is 2.71. The highest BCUT2D eigenvalue weighted by Crippen LogP contribution is 2.36. The Kier molecular flexibility index (Phi) is 7.64. The summed E-state index contributed by atoms with van der Waals surface area (Å²) in [5, 5.41) is 3.45. The van der Waals surface area contributed by atoms with Gasteiger partial charge in [0, 0.05) is 18.0 Å². The van der Waals surface area contributed by atoms with E-state index in [0.29, 0.717) is 6.61 Å². The number of hydrogen-bond donors (Lipinski definition) is 1. The van der Waals surface area contributed by atoms with Crippen LogP contribution in [0.25, 0.3) is 0 Å². The normalized spacial score (nSPS) is 10.5. The van der Waals surface area contributed by atoms with Gasteiger partial charge in [0.15, 0.2) is 0 Å². The highest BCUT2D eigenvalue weighted by atomic mass is 32.2. The SMILES string of the molecule is COc1ccc(OCCNCc2ccccc2Sc2ccccc2OC)cc1. The minimum absolute atomic E-state index is 0.605. The third-order valence-corrected chi connectivity index (χ3v) is 5.36. The molecule has 0 radical (unpaired) electrons. The lowest BCUT2D eigenvalue weighted by molar-refractivity contribution is 0.312. The molecule has 3 aromatic rings. The smallest absolute Gasteiger partial charge is 0.132 e. The van der Waals surface area contributed by atoms with Crippen LogP contribution in [-0.4, -0.2) is 27.4 Å². The van der Waals surface area contributed by atoms with E-state index in [1.54, 1.807) is 26.0 Å². The van der Waals surface area contributed by atoms with Gasteiger partial charge in [0.2, 0.25) is 0 Å². The molecule has 146 valence electrons. The first-order chi connectivity index (χ1) is 13.8. The fourth-order valence-corrected chi connectivity index (χ4v) is 3.76. The summed E-state index contributed by atoms with van der Waals surface area (Å²) in [7, 11) is 3.36. The summed E-state index contributed by atoms with van der Waals surface area (Å²) < 4.78 is 16.4. The molecular weight excluding hydrogens is 370 g/mol. The molecule has 4 nitrogen and oxygen atoms in total. The van der Waals surface area contributed by atoms with Crippen molar-refractivity contribution in [2.75, 3.05) is 27.4 Å². The average molecular weight is 396 g/mol. The standard InChI is InChI=1S/C23H25NO3S/c1-25-19-11-13-20(14-12-19)27-16-15-24-17-18-7-3-5-9-22(18)28-23-10-6-4-8-21(23)26-2/h3-14,24H,15-17H2,1-2H3. The Bertz CT molecular complexity index is 868. The zero-order chi connectivity index (χ0) is 19.6. The van der Waals surface area contributed by atoms with Gasteiger partial charge in [-0.2, -0.15) is 0 Å². The predicted octanol–water partition coefficient (Wildman–Crippen LogP) is 5.02. The maximum atomic E-state index is 5.76. The highest BCUT2D eigenvalue weighted by Gasteiger charge is 2.08. The predicted molar refractivity (Wildman–Crippen MR) is 114 cm³/mol. The van der Waals surface area contributed by atoms with Crippen LogP contribution in [0.2, 0.25) is 0 Å². The van der Waals surface area contributed by atoms with Crippen molar-refractivity contribution >= 4 is 11.8 Å². The van der Waals surface area contributed by atoms with E-state index < -0.39 is 0 Å². The summed E-state index contributed by atoms with van der Waals surface area (Å²) in [6.07, 6.45) is 0. The first kappa shape index (κ1) is 20.1. The van der Waals surface area contributed by atoms with Gasteiger partial charge in [0.1, 0.15) is 23.9 Å². The summed E-state index contributed by atoms with van der Waals surface area (Å²) in [4.78, 5) is 2.33. The van der Waals surface area contributed by atoms with Gasteiger partial charge in [0.05, 0.1) is 19.1 Å². The number of ether oxygens (including phenoxy) is 3. The second kappa shape index (κ2) is 10.6. The quantitative estimate of drug-likeness (QED) is 0.488. The van der Waals surface area contributed by atoms with Crippen molar-refractivity contribution in [2.24, 2.45) is 0 Å². The lowest BCUT2D eigenvalue weighted by Crippen LogP contribution is -2.20. The zero-order valence-electron chi connectivity index (χ0n) is 16.2. The van der Waals surface area contributed by atoms with Gasteiger partial charge in [-0.15, -0.1) is 0 Å². The molecule has 5 heteroatoms. The van der Waals surface area contributed by atoms with Crippen LogP contribution in [0.5, 0.6) is 17.2 Å². The molecule has 3 aromatic carbocycles. The van der Waals surface area contributed by atoms with Crippen LogP contribution in [0.1, 0.15) is 5.56 Å². The van der Waals surface area contributed by atoms with Gasteiger partial charge in [-0.1, -0.05) is 42.1 Å². The minimum atomic E-state index is 0.605. The molecule has 0 spiro atoms. The lowest BCUT2D eigenvalue weighted by Gasteiger charge is -2.13. The number of benzene rings is 3. The Balaban J connectivity index is 1.50. The third-order valence-electron chi connectivity index (χ3n) is 4.18. The maximum absolute atomic E-state index is 5.76. The zero-order valence-corrected chi connectivity index (χ0v) is 17.0. The van der Waals surface area contributed by atoms with Crippen molar-refractivity contribution in [1.82, 2.24) is 5.32 Å². The van der Waals surface area contributed by atoms with Gasteiger partial charge in [-0.05, 0) is 48.0 Å². The molecule has 3 rings (SSSR count). The van der Waals surface area contributed by atoms with Gasteiger partial charge in [0.25, 0.3) is 0 Å². The molecule has 1 N–H and O–H groups in total. The lowest BCUT2D eigenvalue weighted by atomic mass is 10.2. The van der Waals surface area contributed by atoms with Crippen molar-refractivity contribution in [1.29, 1.82) is 0 Å². The van der Waals surface area contributed by atoms with E-state index in [4.69, 9.17) is 14.2 Å². The summed E-state index contributed by atoms with van der Waals surface area (Å²) in [5.41, 5.74) is 1.25. The Hall–Kier alpha value is -2.63. The van der Waals surface area contributed by atoms with Crippen molar-refractivity contribution in [3.63, 3.8) is 0 Å². The number of para-hydroxylation sites is 1. The summed E-state index contributed by atoms with van der Waals surface area (Å²) in [6, 6.07) is 24.1. The Morgan fingerprint density at radius 2 is 1.43 bits per heavy atom. The molecule has 0 heterocycles. The monoisotopic (exact) mass is 395 g/mol. The molecule has 0 saturated heterocycles. The van der Waals surface area contributed by atoms with Crippen molar-refractivity contribution in [3.05, 3.63) is 78.4 Å². The second-order valence-corrected chi connectivity index (χ2v) is 7.15. The maximum Gasteiger partial charge on any atom is 0.132 e. The van der Waals surface area contributed by atoms with Crippen LogP contribution in [0.15, 0.2) is 82.6 Å². The topological polar surface area (TPSA) is 39.7 Å². The summed E-state index contributed by atoms with van der Waals surface area (Å²) in [6.45, 7) is 2.15. The Morgan fingerprint density at radius 1 is 0.750 bits per heavy atom. The Labute approximate surface area is 170 Å². The van der Waals surface area contributed by atoms with Crippen molar-refractivity contribution < 1.29 is 14.2 Å². The number of rotatable bonds is 10. The van der Waals surface area contributed by atoms with Gasteiger partial charge in [-0.25, -0.2) is 0 Å². The van der Waals surface area contributed by atoms with Crippen LogP contribution in [0, 0.1) is 0 Å². The van der Waals surface area contributed by atoms with E-state index in [1.165, 1.54) is 10.5 Å². The molecule has 0 saturated carbocycles. The molecule has 0 atom stereocenters. The van der Waals surface area contributed by atoms with E-state index in [-0.39, 0.29) is 0 Å².